The summed E-state index contributed by atoms with van der Waals surface area (Å²) in [6, 6.07) is 0. The molecule has 0 unspecified atom stereocenters. The molecule has 0 aromatic heterocycles. The minimum absolute atomic E-state index is 0. The van der Waals surface area contributed by atoms with Crippen LogP contribution in [0.15, 0.2) is 12.7 Å². The summed E-state index contributed by atoms with van der Waals surface area (Å²) in [6.45, 7) is 2.96. The van der Waals surface area contributed by atoms with Crippen molar-refractivity contribution in [2.75, 3.05) is 0 Å². The maximum absolute atomic E-state index is 9.25. The molecular formula is C3H6MgO2. The van der Waals surface area contributed by atoms with Gasteiger partial charge in [-0.2, -0.15) is 0 Å². The Kier molecular flexibility index (Phi) is 7.76. The predicted molar refractivity (Wildman–Crippen MR) is 26.4 cm³/mol. The second-order valence-corrected chi connectivity index (χ2v) is 0.542. The van der Waals surface area contributed by atoms with Gasteiger partial charge in [0.25, 0.3) is 0 Å². The van der Waals surface area contributed by atoms with Crippen molar-refractivity contribution < 1.29 is 9.90 Å². The highest BCUT2D eigenvalue weighted by Gasteiger charge is 1.73. The van der Waals surface area contributed by atoms with E-state index in [-0.39, 0.29) is 23.1 Å². The van der Waals surface area contributed by atoms with Crippen LogP contribution in [0.2, 0.25) is 0 Å². The molecule has 0 aromatic rings. The van der Waals surface area contributed by atoms with Gasteiger partial charge in [0, 0.05) is 6.08 Å². The summed E-state index contributed by atoms with van der Waals surface area (Å²) in [5.41, 5.74) is 0. The number of hydrogen-bond donors (Lipinski definition) is 1. The summed E-state index contributed by atoms with van der Waals surface area (Å²) in [7, 11) is 0. The number of aliphatic carboxylic acids is 1. The third-order valence-corrected chi connectivity index (χ3v) is 0.175. The van der Waals surface area contributed by atoms with Gasteiger partial charge in [-0.1, -0.05) is 6.58 Å². The predicted octanol–water partition coefficient (Wildman–Crippen LogP) is -0.659. The summed E-state index contributed by atoms with van der Waals surface area (Å²) < 4.78 is 0. The molecule has 0 aliphatic rings. The second-order valence-electron chi connectivity index (χ2n) is 0.542. The van der Waals surface area contributed by atoms with Gasteiger partial charge in [0.05, 0.1) is 0 Å². The van der Waals surface area contributed by atoms with E-state index < -0.39 is 5.97 Å². The SMILES string of the molecule is C=CC(=O)O.[MgH2]. The molecule has 2 nitrogen and oxygen atoms in total. The van der Waals surface area contributed by atoms with Crippen LogP contribution in [0.3, 0.4) is 0 Å². The Morgan fingerprint density at radius 2 is 2.00 bits per heavy atom. The molecule has 0 aromatic carbocycles. The van der Waals surface area contributed by atoms with E-state index in [1.807, 2.05) is 0 Å². The highest BCUT2D eigenvalue weighted by molar-refractivity contribution is 5.78. The van der Waals surface area contributed by atoms with Crippen molar-refractivity contribution in [2.24, 2.45) is 0 Å². The van der Waals surface area contributed by atoms with E-state index in [0.29, 0.717) is 0 Å². The summed E-state index contributed by atoms with van der Waals surface area (Å²) >= 11 is 0. The highest BCUT2D eigenvalue weighted by atomic mass is 24.3. The van der Waals surface area contributed by atoms with E-state index in [2.05, 4.69) is 6.58 Å². The molecule has 0 amide bonds. The van der Waals surface area contributed by atoms with Gasteiger partial charge in [0.15, 0.2) is 0 Å². The molecule has 0 aliphatic heterocycles. The fourth-order valence-corrected chi connectivity index (χ4v) is 0. The highest BCUT2D eigenvalue weighted by Crippen LogP contribution is 1.54. The largest absolute Gasteiger partial charge is 0.478 e. The van der Waals surface area contributed by atoms with Gasteiger partial charge in [-0.25, -0.2) is 4.79 Å². The maximum atomic E-state index is 9.25. The fourth-order valence-electron chi connectivity index (χ4n) is 0. The summed E-state index contributed by atoms with van der Waals surface area (Å²) in [5.74, 6) is -0.981. The number of carboxylic acid groups (broad SMARTS) is 1. The lowest BCUT2D eigenvalue weighted by molar-refractivity contribution is -0.131. The molecule has 0 heterocycles. The van der Waals surface area contributed by atoms with Gasteiger partial charge in [0.1, 0.15) is 0 Å². The van der Waals surface area contributed by atoms with E-state index in [4.69, 9.17) is 5.11 Å². The van der Waals surface area contributed by atoms with Gasteiger partial charge in [0.2, 0.25) is 0 Å². The van der Waals surface area contributed by atoms with Crippen LogP contribution in [0.5, 0.6) is 0 Å². The molecule has 1 N–H and O–H groups in total. The first kappa shape index (κ1) is 9.36. The first-order valence-corrected chi connectivity index (χ1v) is 1.12. The van der Waals surface area contributed by atoms with E-state index in [1.165, 1.54) is 0 Å². The second kappa shape index (κ2) is 4.98. The lowest BCUT2D eigenvalue weighted by Gasteiger charge is -1.64. The first-order valence-electron chi connectivity index (χ1n) is 1.12. The molecule has 0 radical (unpaired) electrons. The summed E-state index contributed by atoms with van der Waals surface area (Å²) in [6.07, 6.45) is 0.833. The third kappa shape index (κ3) is 9.02. The van der Waals surface area contributed by atoms with Gasteiger partial charge in [-0.05, 0) is 0 Å². The molecule has 32 valence electrons. The molecule has 0 spiro atoms. The van der Waals surface area contributed by atoms with Crippen molar-refractivity contribution in [1.29, 1.82) is 0 Å². The van der Waals surface area contributed by atoms with Crippen molar-refractivity contribution >= 4 is 29.0 Å². The number of carbonyl (C=O) groups is 1. The van der Waals surface area contributed by atoms with Crippen LogP contribution < -0.4 is 0 Å². The normalized spacial score (nSPS) is 5.33. The number of rotatable bonds is 1. The molecular weight excluding hydrogens is 92.3 g/mol. The van der Waals surface area contributed by atoms with Gasteiger partial charge in [-0.15, -0.1) is 0 Å². The lowest BCUT2D eigenvalue weighted by Crippen LogP contribution is -1.82. The van der Waals surface area contributed by atoms with Crippen LogP contribution in [0.4, 0.5) is 0 Å². The zero-order valence-corrected chi connectivity index (χ0v) is 2.64. The van der Waals surface area contributed by atoms with Crippen LogP contribution in [-0.4, -0.2) is 34.1 Å². The smallest absolute Gasteiger partial charge is 0.327 e. The van der Waals surface area contributed by atoms with Crippen molar-refractivity contribution in [2.45, 2.75) is 0 Å². The average Bonchev–Trinajstić information content (AvgIpc) is 1.38. The molecule has 0 saturated heterocycles. The molecule has 0 rings (SSSR count). The van der Waals surface area contributed by atoms with Crippen LogP contribution >= 0.6 is 0 Å². The van der Waals surface area contributed by atoms with Crippen LogP contribution in [0.25, 0.3) is 0 Å². The quantitative estimate of drug-likeness (QED) is 0.349. The van der Waals surface area contributed by atoms with Crippen LogP contribution in [-0.2, 0) is 4.79 Å². The van der Waals surface area contributed by atoms with Gasteiger partial charge in [-0.3, -0.25) is 0 Å². The van der Waals surface area contributed by atoms with Crippen molar-refractivity contribution in [3.8, 4) is 0 Å². The lowest BCUT2D eigenvalue weighted by atomic mass is 10.7. The molecule has 0 atom stereocenters. The molecule has 3 heteroatoms. The fraction of sp³-hybridized carbons (Fsp3) is 0. The standard InChI is InChI=1S/C3H4O2.Mg.2H/c1-2-3(4)5;;;/h2H,1H2,(H,4,5);;;. The Bertz CT molecular complexity index is 59.8. The monoisotopic (exact) mass is 98.0 g/mol. The first-order chi connectivity index (χ1) is 2.27. The Morgan fingerprint density at radius 1 is 1.83 bits per heavy atom. The van der Waals surface area contributed by atoms with E-state index in [0.717, 1.165) is 6.08 Å². The minimum atomic E-state index is -0.981. The van der Waals surface area contributed by atoms with Gasteiger partial charge >= 0.3 is 29.0 Å². The minimum Gasteiger partial charge on any atom is -0.478 e. The van der Waals surface area contributed by atoms with Gasteiger partial charge < -0.3 is 5.11 Å². The zero-order chi connectivity index (χ0) is 4.28. The van der Waals surface area contributed by atoms with Crippen molar-refractivity contribution in [3.63, 3.8) is 0 Å². The van der Waals surface area contributed by atoms with Crippen molar-refractivity contribution in [3.05, 3.63) is 12.7 Å². The van der Waals surface area contributed by atoms with Crippen LogP contribution in [0.1, 0.15) is 0 Å². The number of carboxylic acids is 1. The molecule has 0 saturated carbocycles. The third-order valence-electron chi connectivity index (χ3n) is 0.175. The van der Waals surface area contributed by atoms with Crippen LogP contribution in [0, 0.1) is 0 Å². The Labute approximate surface area is 52.0 Å². The Balaban J connectivity index is 0. The van der Waals surface area contributed by atoms with E-state index in [9.17, 15) is 4.79 Å². The Hall–Kier alpha value is -0.0238. The molecule has 6 heavy (non-hydrogen) atoms. The van der Waals surface area contributed by atoms with E-state index >= 15 is 0 Å². The molecule has 0 bridgehead atoms. The Morgan fingerprint density at radius 3 is 2.00 bits per heavy atom. The summed E-state index contributed by atoms with van der Waals surface area (Å²) in [5, 5.41) is 7.60. The number of hydrogen-bond acceptors (Lipinski definition) is 1. The topological polar surface area (TPSA) is 37.3 Å². The maximum Gasteiger partial charge on any atom is 0.327 e. The van der Waals surface area contributed by atoms with E-state index in [1.54, 1.807) is 0 Å². The van der Waals surface area contributed by atoms with Crippen molar-refractivity contribution in [1.82, 2.24) is 0 Å². The zero-order valence-electron chi connectivity index (χ0n) is 2.64. The molecule has 0 aliphatic carbocycles. The molecule has 0 fully saturated rings. The summed E-state index contributed by atoms with van der Waals surface area (Å²) in [4.78, 5) is 9.25. The average molecular weight is 98.4 g/mol.